The zero-order valence-corrected chi connectivity index (χ0v) is 12.3. The highest BCUT2D eigenvalue weighted by atomic mass is 35.5. The summed E-state index contributed by atoms with van der Waals surface area (Å²) < 4.78 is 5.10. The minimum Gasteiger partial charge on any atom is -0.384 e. The molecule has 108 valence electrons. The number of halogens is 1. The first kappa shape index (κ1) is 16.5. The molecule has 0 fully saturated rings. The van der Waals surface area contributed by atoms with Crippen LogP contribution in [0.1, 0.15) is 25.3 Å². The monoisotopic (exact) mass is 295 g/mol. The minimum absolute atomic E-state index is 0.0413. The van der Waals surface area contributed by atoms with Gasteiger partial charge in [-0.1, -0.05) is 23.4 Å². The lowest BCUT2D eigenvalue weighted by atomic mass is 10.1. The van der Waals surface area contributed by atoms with Crippen LogP contribution in [0.4, 0.5) is 5.69 Å². The van der Waals surface area contributed by atoms with E-state index in [1.54, 1.807) is 25.3 Å². The van der Waals surface area contributed by atoms with Gasteiger partial charge in [-0.2, -0.15) is 0 Å². The number of anilines is 1. The number of hydrogen-bond acceptors (Lipinski definition) is 3. The molecule has 0 bridgehead atoms. The Balaban J connectivity index is 2.73. The third-order valence-electron chi connectivity index (χ3n) is 2.74. The molecule has 2 N–H and O–H groups in total. The number of rotatable bonds is 5. The van der Waals surface area contributed by atoms with Crippen LogP contribution in [0.25, 0.3) is 0 Å². The van der Waals surface area contributed by atoms with E-state index in [0.29, 0.717) is 29.1 Å². The third kappa shape index (κ3) is 5.62. The molecular formula is C15H18ClNO3. The van der Waals surface area contributed by atoms with Gasteiger partial charge in [0.2, 0.25) is 5.91 Å². The first-order chi connectivity index (χ1) is 9.56. The van der Waals surface area contributed by atoms with Crippen molar-refractivity contribution in [2.45, 2.75) is 25.9 Å². The van der Waals surface area contributed by atoms with E-state index >= 15 is 0 Å². The molecule has 4 nitrogen and oxygen atoms in total. The van der Waals surface area contributed by atoms with Crippen molar-refractivity contribution in [1.82, 2.24) is 0 Å². The van der Waals surface area contributed by atoms with Crippen LogP contribution >= 0.6 is 11.6 Å². The maximum absolute atomic E-state index is 11.8. The van der Waals surface area contributed by atoms with Gasteiger partial charge in [-0.15, -0.1) is 0 Å². The molecule has 20 heavy (non-hydrogen) atoms. The standard InChI is InChI=1S/C15H18ClNO3/c1-11(20-2)5-8-15(19)17-14-7-6-13(16)10-12(14)4-3-9-18/h6-7,10-11,18H,5,8-9H2,1-2H3,(H,17,19). The van der Waals surface area contributed by atoms with Gasteiger partial charge in [0.1, 0.15) is 6.61 Å². The molecule has 1 atom stereocenters. The number of aliphatic hydroxyl groups is 1. The Hall–Kier alpha value is -1.54. The quantitative estimate of drug-likeness (QED) is 0.820. The van der Waals surface area contributed by atoms with Crippen molar-refractivity contribution in [2.75, 3.05) is 19.0 Å². The van der Waals surface area contributed by atoms with E-state index in [-0.39, 0.29) is 18.6 Å². The van der Waals surface area contributed by atoms with Crippen LogP contribution in [0.3, 0.4) is 0 Å². The van der Waals surface area contributed by atoms with Crippen LogP contribution in [0.5, 0.6) is 0 Å². The highest BCUT2D eigenvalue weighted by molar-refractivity contribution is 6.30. The summed E-state index contributed by atoms with van der Waals surface area (Å²) in [6, 6.07) is 5.03. The number of nitrogens with one attached hydrogen (secondary N) is 1. The lowest BCUT2D eigenvalue weighted by molar-refractivity contribution is -0.116. The second-order valence-electron chi connectivity index (χ2n) is 4.28. The van der Waals surface area contributed by atoms with Crippen LogP contribution < -0.4 is 5.32 Å². The Bertz CT molecular complexity index is 520. The topological polar surface area (TPSA) is 58.6 Å². The van der Waals surface area contributed by atoms with Crippen molar-refractivity contribution in [3.05, 3.63) is 28.8 Å². The molecule has 0 radical (unpaired) electrons. The van der Waals surface area contributed by atoms with Gasteiger partial charge < -0.3 is 15.2 Å². The largest absolute Gasteiger partial charge is 0.384 e. The average molecular weight is 296 g/mol. The van der Waals surface area contributed by atoms with Crippen molar-refractivity contribution in [1.29, 1.82) is 0 Å². The van der Waals surface area contributed by atoms with Crippen molar-refractivity contribution in [3.8, 4) is 11.8 Å². The Morgan fingerprint density at radius 2 is 2.30 bits per heavy atom. The number of amides is 1. The molecule has 0 saturated heterocycles. The molecule has 0 aliphatic heterocycles. The van der Waals surface area contributed by atoms with E-state index in [0.717, 1.165) is 0 Å². The summed E-state index contributed by atoms with van der Waals surface area (Å²) in [5.74, 6) is 5.19. The van der Waals surface area contributed by atoms with Gasteiger partial charge in [0, 0.05) is 24.1 Å². The number of carbonyl (C=O) groups is 1. The molecule has 1 amide bonds. The minimum atomic E-state index is -0.245. The maximum Gasteiger partial charge on any atom is 0.224 e. The van der Waals surface area contributed by atoms with Crippen LogP contribution in [0.15, 0.2) is 18.2 Å². The number of benzene rings is 1. The fourth-order valence-corrected chi connectivity index (χ4v) is 1.70. The summed E-state index contributed by atoms with van der Waals surface area (Å²) in [5.41, 5.74) is 1.17. The smallest absolute Gasteiger partial charge is 0.224 e. The first-order valence-electron chi connectivity index (χ1n) is 6.28. The van der Waals surface area contributed by atoms with Gasteiger partial charge >= 0.3 is 0 Å². The Morgan fingerprint density at radius 1 is 1.55 bits per heavy atom. The molecule has 0 heterocycles. The summed E-state index contributed by atoms with van der Waals surface area (Å²) in [6.07, 6.45) is 1.05. The Morgan fingerprint density at radius 3 is 2.95 bits per heavy atom. The van der Waals surface area contributed by atoms with E-state index in [1.165, 1.54) is 0 Å². The molecule has 5 heteroatoms. The first-order valence-corrected chi connectivity index (χ1v) is 6.66. The van der Waals surface area contributed by atoms with Gasteiger partial charge in [-0.05, 0) is 31.5 Å². The molecule has 0 aliphatic rings. The molecule has 0 saturated carbocycles. The number of aliphatic hydroxyl groups excluding tert-OH is 1. The van der Waals surface area contributed by atoms with E-state index in [1.807, 2.05) is 6.92 Å². The third-order valence-corrected chi connectivity index (χ3v) is 2.97. The van der Waals surface area contributed by atoms with Gasteiger partial charge in [0.25, 0.3) is 0 Å². The molecule has 0 aliphatic carbocycles. The summed E-state index contributed by atoms with van der Waals surface area (Å²) in [4.78, 5) is 11.8. The number of hydrogen-bond donors (Lipinski definition) is 2. The van der Waals surface area contributed by atoms with Gasteiger partial charge in [-0.25, -0.2) is 0 Å². The summed E-state index contributed by atoms with van der Waals surface area (Å²) in [5, 5.41) is 12.0. The molecule has 1 aromatic rings. The number of ether oxygens (including phenoxy) is 1. The molecule has 1 aromatic carbocycles. The van der Waals surface area contributed by atoms with E-state index in [2.05, 4.69) is 17.2 Å². The summed E-state index contributed by atoms with van der Waals surface area (Å²) in [7, 11) is 1.62. The van der Waals surface area contributed by atoms with E-state index in [9.17, 15) is 4.79 Å². The van der Waals surface area contributed by atoms with Gasteiger partial charge in [-0.3, -0.25) is 4.79 Å². The van der Waals surface area contributed by atoms with Crippen LogP contribution in [0, 0.1) is 11.8 Å². The number of methoxy groups -OCH3 is 1. The zero-order chi connectivity index (χ0) is 15.0. The molecule has 1 rings (SSSR count). The van der Waals surface area contributed by atoms with E-state index in [4.69, 9.17) is 21.4 Å². The summed E-state index contributed by atoms with van der Waals surface area (Å²) >= 11 is 5.89. The number of carbonyl (C=O) groups excluding carboxylic acids is 1. The molecular weight excluding hydrogens is 278 g/mol. The highest BCUT2D eigenvalue weighted by Gasteiger charge is 2.08. The fourth-order valence-electron chi connectivity index (χ4n) is 1.53. The predicted molar refractivity (Wildman–Crippen MR) is 79.8 cm³/mol. The second kappa shape index (κ2) is 8.60. The highest BCUT2D eigenvalue weighted by Crippen LogP contribution is 2.20. The van der Waals surface area contributed by atoms with Crippen LogP contribution in [-0.2, 0) is 9.53 Å². The Labute approximate surface area is 124 Å². The van der Waals surface area contributed by atoms with Gasteiger partial charge in [0.05, 0.1) is 11.8 Å². The van der Waals surface area contributed by atoms with Crippen molar-refractivity contribution in [3.63, 3.8) is 0 Å². The average Bonchev–Trinajstić information content (AvgIpc) is 2.44. The van der Waals surface area contributed by atoms with Crippen LogP contribution in [0.2, 0.25) is 5.02 Å². The normalized spacial score (nSPS) is 11.4. The van der Waals surface area contributed by atoms with Crippen molar-refractivity contribution in [2.24, 2.45) is 0 Å². The molecule has 0 aromatic heterocycles. The fraction of sp³-hybridized carbons (Fsp3) is 0.400. The lowest BCUT2D eigenvalue weighted by Crippen LogP contribution is -2.15. The van der Waals surface area contributed by atoms with Crippen molar-refractivity contribution < 1.29 is 14.6 Å². The second-order valence-corrected chi connectivity index (χ2v) is 4.72. The lowest BCUT2D eigenvalue weighted by Gasteiger charge is -2.10. The van der Waals surface area contributed by atoms with Crippen molar-refractivity contribution >= 4 is 23.2 Å². The molecule has 0 spiro atoms. The van der Waals surface area contributed by atoms with Crippen LogP contribution in [-0.4, -0.2) is 30.8 Å². The van der Waals surface area contributed by atoms with Gasteiger partial charge in [0.15, 0.2) is 0 Å². The Kier molecular flexibility index (Phi) is 7.10. The SMILES string of the molecule is COC(C)CCC(=O)Nc1ccc(Cl)cc1C#CCO. The van der Waals surface area contributed by atoms with E-state index < -0.39 is 0 Å². The predicted octanol–water partition coefficient (Wildman–Crippen LogP) is 2.44. The zero-order valence-electron chi connectivity index (χ0n) is 11.6. The maximum atomic E-state index is 11.8. The molecule has 1 unspecified atom stereocenters. The summed E-state index contributed by atoms with van der Waals surface area (Å²) in [6.45, 7) is 1.67.